The van der Waals surface area contributed by atoms with Gasteiger partial charge in [0.05, 0.1) is 47.9 Å². The fourth-order valence-electron chi connectivity index (χ4n) is 5.51. The Morgan fingerprint density at radius 2 is 1.70 bits per heavy atom. The lowest BCUT2D eigenvalue weighted by atomic mass is 9.96. The van der Waals surface area contributed by atoms with Gasteiger partial charge in [0.25, 0.3) is 5.56 Å². The summed E-state index contributed by atoms with van der Waals surface area (Å²) in [7, 11) is 1.59. The summed E-state index contributed by atoms with van der Waals surface area (Å²) in [6.45, 7) is 6.53. The molecule has 3 aromatic carbocycles. The van der Waals surface area contributed by atoms with Crippen LogP contribution in [-0.4, -0.2) is 40.6 Å². The molecular formula is C37H36N4O5S. The molecule has 47 heavy (non-hydrogen) atoms. The van der Waals surface area contributed by atoms with Crippen LogP contribution in [0.25, 0.3) is 23.0 Å². The number of rotatable bonds is 11. The number of para-hydroxylation sites is 1. The third-order valence-electron chi connectivity index (χ3n) is 7.89. The van der Waals surface area contributed by atoms with Gasteiger partial charge in [-0.25, -0.2) is 14.5 Å². The standard InChI is InChI=1S/C37H36N4O5S/c1-5-7-21-46-30-19-13-25(14-20-30)33-27(23-40(39-33)28-11-9-8-10-12-28)22-31-35(42)41-34(26-15-17-29(44-4)18-16-26)32(36(43)45-6-2)24(3)38-37(41)47-31/h8-20,22-23,34H,5-7,21H2,1-4H3/b31-22-/t34-/m0/s1. The summed E-state index contributed by atoms with van der Waals surface area (Å²) >= 11 is 1.28. The molecule has 10 heteroatoms. The van der Waals surface area contributed by atoms with Crippen molar-refractivity contribution in [3.63, 3.8) is 0 Å². The number of aromatic nitrogens is 3. The zero-order chi connectivity index (χ0) is 32.9. The lowest BCUT2D eigenvalue weighted by Gasteiger charge is -2.24. The Labute approximate surface area is 276 Å². The molecule has 0 fully saturated rings. The molecule has 1 atom stereocenters. The maximum absolute atomic E-state index is 14.3. The van der Waals surface area contributed by atoms with Crippen molar-refractivity contribution in [2.75, 3.05) is 20.3 Å². The smallest absolute Gasteiger partial charge is 0.338 e. The molecule has 0 unspecified atom stereocenters. The van der Waals surface area contributed by atoms with E-state index in [0.29, 0.717) is 33.0 Å². The van der Waals surface area contributed by atoms with E-state index in [9.17, 15) is 9.59 Å². The summed E-state index contributed by atoms with van der Waals surface area (Å²) in [6.07, 6.45) is 5.83. The van der Waals surface area contributed by atoms with Gasteiger partial charge in [-0.1, -0.05) is 55.0 Å². The van der Waals surface area contributed by atoms with Crippen LogP contribution in [-0.2, 0) is 9.53 Å². The molecule has 0 saturated carbocycles. The molecule has 2 aromatic heterocycles. The van der Waals surface area contributed by atoms with Gasteiger partial charge in [0.1, 0.15) is 17.2 Å². The first-order valence-corrected chi connectivity index (χ1v) is 16.5. The molecule has 0 aliphatic carbocycles. The van der Waals surface area contributed by atoms with Gasteiger partial charge in [-0.2, -0.15) is 5.10 Å². The van der Waals surface area contributed by atoms with Crippen molar-refractivity contribution in [2.24, 2.45) is 4.99 Å². The molecule has 0 saturated heterocycles. The zero-order valence-electron chi connectivity index (χ0n) is 26.8. The van der Waals surface area contributed by atoms with E-state index in [1.165, 1.54) is 11.3 Å². The van der Waals surface area contributed by atoms with E-state index in [-0.39, 0.29) is 12.2 Å². The van der Waals surface area contributed by atoms with E-state index in [4.69, 9.17) is 24.3 Å². The average molecular weight is 649 g/mol. The van der Waals surface area contributed by atoms with Crippen LogP contribution in [0.4, 0.5) is 0 Å². The number of ether oxygens (including phenoxy) is 3. The van der Waals surface area contributed by atoms with Crippen molar-refractivity contribution >= 4 is 23.4 Å². The Morgan fingerprint density at radius 1 is 0.979 bits per heavy atom. The predicted octanol–water partition coefficient (Wildman–Crippen LogP) is 5.84. The maximum atomic E-state index is 14.3. The molecule has 0 N–H and O–H groups in total. The topological polar surface area (TPSA) is 96.9 Å². The van der Waals surface area contributed by atoms with Crippen molar-refractivity contribution in [1.29, 1.82) is 0 Å². The molecule has 0 amide bonds. The van der Waals surface area contributed by atoms with Crippen LogP contribution in [0.2, 0.25) is 0 Å². The first-order chi connectivity index (χ1) is 22.9. The van der Waals surface area contributed by atoms with Gasteiger partial charge >= 0.3 is 5.97 Å². The van der Waals surface area contributed by atoms with Gasteiger partial charge in [0.15, 0.2) is 4.80 Å². The number of carbonyl (C=O) groups excluding carboxylic acids is 1. The number of esters is 1. The number of allylic oxidation sites excluding steroid dienone is 1. The number of benzene rings is 3. The molecule has 6 rings (SSSR count). The van der Waals surface area contributed by atoms with E-state index in [0.717, 1.165) is 46.7 Å². The van der Waals surface area contributed by atoms with Crippen LogP contribution < -0.4 is 24.4 Å². The molecule has 0 bridgehead atoms. The van der Waals surface area contributed by atoms with Crippen LogP contribution >= 0.6 is 11.3 Å². The molecule has 0 spiro atoms. The molecule has 5 aromatic rings. The molecule has 1 aliphatic rings. The van der Waals surface area contributed by atoms with Crippen LogP contribution in [0.3, 0.4) is 0 Å². The second-order valence-electron chi connectivity index (χ2n) is 11.0. The first-order valence-electron chi connectivity index (χ1n) is 15.6. The quantitative estimate of drug-likeness (QED) is 0.132. The van der Waals surface area contributed by atoms with Crippen LogP contribution in [0.1, 0.15) is 50.8 Å². The zero-order valence-corrected chi connectivity index (χ0v) is 27.6. The summed E-state index contributed by atoms with van der Waals surface area (Å²) in [5, 5.41) is 4.95. The summed E-state index contributed by atoms with van der Waals surface area (Å²) in [5.74, 6) is 0.964. The average Bonchev–Trinajstić information content (AvgIpc) is 3.65. The normalized spacial score (nSPS) is 14.5. The second kappa shape index (κ2) is 14.0. The van der Waals surface area contributed by atoms with Gasteiger partial charge in [-0.05, 0) is 80.4 Å². The van der Waals surface area contributed by atoms with Crippen molar-refractivity contribution in [3.05, 3.63) is 127 Å². The van der Waals surface area contributed by atoms with Gasteiger partial charge in [-0.15, -0.1) is 0 Å². The fraction of sp³-hybridized carbons (Fsp3) is 0.243. The third-order valence-corrected chi connectivity index (χ3v) is 8.88. The van der Waals surface area contributed by atoms with E-state index >= 15 is 0 Å². The molecule has 3 heterocycles. The van der Waals surface area contributed by atoms with Gasteiger partial charge < -0.3 is 14.2 Å². The largest absolute Gasteiger partial charge is 0.497 e. The summed E-state index contributed by atoms with van der Waals surface area (Å²) in [4.78, 5) is 32.8. The minimum atomic E-state index is -0.717. The number of thiazole rings is 1. The monoisotopic (exact) mass is 648 g/mol. The fourth-order valence-corrected chi connectivity index (χ4v) is 6.55. The first kappa shape index (κ1) is 31.7. The summed E-state index contributed by atoms with van der Waals surface area (Å²) in [5.41, 5.74) is 4.58. The SMILES string of the molecule is CCCCOc1ccc(-c2nn(-c3ccccc3)cc2/C=c2\sc3n(c2=O)[C@@H](c2ccc(OC)cc2)C(C(=O)OCC)=C(C)N=3)cc1. The summed E-state index contributed by atoms with van der Waals surface area (Å²) < 4.78 is 20.5. The van der Waals surface area contributed by atoms with Crippen LogP contribution in [0, 0.1) is 0 Å². The Balaban J connectivity index is 1.49. The Hall–Kier alpha value is -5.22. The number of fused-ring (bicyclic) bond motifs is 1. The van der Waals surface area contributed by atoms with Gasteiger partial charge in [-0.3, -0.25) is 9.36 Å². The lowest BCUT2D eigenvalue weighted by Crippen LogP contribution is -2.39. The van der Waals surface area contributed by atoms with E-state index in [2.05, 4.69) is 6.92 Å². The molecule has 0 radical (unpaired) electrons. The Morgan fingerprint density at radius 3 is 2.38 bits per heavy atom. The number of hydrogen-bond acceptors (Lipinski definition) is 8. The van der Waals surface area contributed by atoms with Gasteiger partial charge in [0, 0.05) is 17.3 Å². The number of hydrogen-bond donors (Lipinski definition) is 0. The highest BCUT2D eigenvalue weighted by atomic mass is 32.1. The van der Waals surface area contributed by atoms with Crippen molar-refractivity contribution < 1.29 is 19.0 Å². The molecule has 9 nitrogen and oxygen atoms in total. The molecular weight excluding hydrogens is 612 g/mol. The Kier molecular flexibility index (Phi) is 9.49. The van der Waals surface area contributed by atoms with Crippen LogP contribution in [0.15, 0.2) is 106 Å². The second-order valence-corrected chi connectivity index (χ2v) is 12.0. The minimum Gasteiger partial charge on any atom is -0.497 e. The minimum absolute atomic E-state index is 0.204. The number of carbonyl (C=O) groups is 1. The lowest BCUT2D eigenvalue weighted by molar-refractivity contribution is -0.139. The predicted molar refractivity (Wildman–Crippen MR) is 183 cm³/mol. The number of nitrogens with zero attached hydrogens (tertiary/aromatic N) is 4. The maximum Gasteiger partial charge on any atom is 0.338 e. The highest BCUT2D eigenvalue weighted by Gasteiger charge is 2.33. The van der Waals surface area contributed by atoms with E-state index in [1.54, 1.807) is 25.5 Å². The summed E-state index contributed by atoms with van der Waals surface area (Å²) in [6, 6.07) is 24.3. The van der Waals surface area contributed by atoms with E-state index in [1.807, 2.05) is 95.8 Å². The third kappa shape index (κ3) is 6.55. The van der Waals surface area contributed by atoms with Crippen molar-refractivity contribution in [3.8, 4) is 28.4 Å². The molecule has 240 valence electrons. The van der Waals surface area contributed by atoms with Crippen molar-refractivity contribution in [1.82, 2.24) is 14.3 Å². The highest BCUT2D eigenvalue weighted by Crippen LogP contribution is 2.32. The van der Waals surface area contributed by atoms with Crippen molar-refractivity contribution in [2.45, 2.75) is 39.7 Å². The Bertz CT molecular complexity index is 2090. The molecule has 1 aliphatic heterocycles. The highest BCUT2D eigenvalue weighted by molar-refractivity contribution is 7.07. The van der Waals surface area contributed by atoms with Crippen LogP contribution in [0.5, 0.6) is 11.5 Å². The van der Waals surface area contributed by atoms with E-state index < -0.39 is 12.0 Å². The number of methoxy groups -OCH3 is 1. The van der Waals surface area contributed by atoms with Gasteiger partial charge in [0.2, 0.25) is 0 Å². The number of unbranched alkanes of at least 4 members (excludes halogenated alkanes) is 1.